The number of nitrogens with zero attached hydrogens (tertiary/aromatic N) is 2. The Hall–Kier alpha value is -3.57. The number of aromatic nitrogens is 1. The van der Waals surface area contributed by atoms with E-state index in [-0.39, 0.29) is 18.1 Å². The molecule has 0 fully saturated rings. The standard InChI is InChI=1S/C19H21ClN4O7/c1-3-23(2)16(27)12-13(25)11(15(26)22-14(21)19(30)31)17(28)24(18(12)29)8-9-6-4-5-7-10(9)20/h4-7,14,25,29H,3,8,21H2,1-2H3,(H,22,26)(H,30,31). The molecule has 2 rings (SSSR count). The van der Waals surface area contributed by atoms with Gasteiger partial charge in [0, 0.05) is 18.6 Å². The Morgan fingerprint density at radius 3 is 2.39 bits per heavy atom. The van der Waals surface area contributed by atoms with E-state index in [0.717, 1.165) is 4.90 Å². The summed E-state index contributed by atoms with van der Waals surface area (Å²) in [4.78, 5) is 50.3. The SMILES string of the molecule is CCN(C)C(=O)c1c(O)c(C(=O)NC(N)C(=O)O)c(=O)n(Cc2ccccc2Cl)c1O. The predicted octanol–water partition coefficient (Wildman–Crippen LogP) is 0.152. The lowest BCUT2D eigenvalue weighted by molar-refractivity contribution is -0.139. The summed E-state index contributed by atoms with van der Waals surface area (Å²) in [6.07, 6.45) is -1.88. The lowest BCUT2D eigenvalue weighted by Gasteiger charge is -2.20. The number of carboxylic acids is 1. The molecule has 0 aliphatic carbocycles. The quantitative estimate of drug-likeness (QED) is 0.369. The number of aromatic hydroxyl groups is 2. The van der Waals surface area contributed by atoms with Crippen LogP contribution in [0.2, 0.25) is 5.02 Å². The molecule has 31 heavy (non-hydrogen) atoms. The van der Waals surface area contributed by atoms with Gasteiger partial charge in [-0.05, 0) is 18.6 Å². The zero-order valence-corrected chi connectivity index (χ0v) is 17.4. The number of carbonyl (C=O) groups is 3. The van der Waals surface area contributed by atoms with Crippen LogP contribution in [-0.4, -0.2) is 62.3 Å². The number of nitrogens with two attached hydrogens (primary N) is 1. The van der Waals surface area contributed by atoms with Crippen LogP contribution in [0.25, 0.3) is 0 Å². The number of carboxylic acid groups (broad SMARTS) is 1. The average Bonchev–Trinajstić information content (AvgIpc) is 2.71. The number of benzene rings is 1. The Bertz CT molecular complexity index is 1100. The van der Waals surface area contributed by atoms with Crippen molar-refractivity contribution in [3.63, 3.8) is 0 Å². The minimum Gasteiger partial charge on any atom is -0.506 e. The van der Waals surface area contributed by atoms with E-state index >= 15 is 0 Å². The third-order valence-electron chi connectivity index (χ3n) is 4.51. The van der Waals surface area contributed by atoms with Crippen LogP contribution in [-0.2, 0) is 11.3 Å². The third-order valence-corrected chi connectivity index (χ3v) is 4.88. The molecule has 1 aromatic heterocycles. The first-order chi connectivity index (χ1) is 14.5. The molecular formula is C19H21ClN4O7. The molecule has 1 atom stereocenters. The number of nitrogens with one attached hydrogen (secondary N) is 1. The first-order valence-electron chi connectivity index (χ1n) is 8.98. The zero-order valence-electron chi connectivity index (χ0n) is 16.6. The van der Waals surface area contributed by atoms with E-state index in [0.29, 0.717) is 10.1 Å². The van der Waals surface area contributed by atoms with E-state index < -0.39 is 52.3 Å². The number of pyridine rings is 1. The van der Waals surface area contributed by atoms with Gasteiger partial charge in [-0.3, -0.25) is 19.0 Å². The smallest absolute Gasteiger partial charge is 0.341 e. The summed E-state index contributed by atoms with van der Waals surface area (Å²) in [5, 5.41) is 32.2. The summed E-state index contributed by atoms with van der Waals surface area (Å²) in [5.41, 5.74) is 2.81. The van der Waals surface area contributed by atoms with Crippen LogP contribution < -0.4 is 16.6 Å². The maximum atomic E-state index is 13.0. The van der Waals surface area contributed by atoms with E-state index in [2.05, 4.69) is 0 Å². The van der Waals surface area contributed by atoms with Crippen molar-refractivity contribution < 1.29 is 29.7 Å². The van der Waals surface area contributed by atoms with Crippen molar-refractivity contribution in [1.29, 1.82) is 0 Å². The number of rotatable bonds is 7. The van der Waals surface area contributed by atoms with Gasteiger partial charge in [-0.15, -0.1) is 0 Å². The van der Waals surface area contributed by atoms with Crippen LogP contribution in [0.4, 0.5) is 0 Å². The van der Waals surface area contributed by atoms with Gasteiger partial charge < -0.3 is 31.3 Å². The molecule has 1 heterocycles. The molecule has 0 aliphatic heterocycles. The molecular weight excluding hydrogens is 432 g/mol. The fraction of sp³-hybridized carbons (Fsp3) is 0.263. The van der Waals surface area contributed by atoms with Crippen molar-refractivity contribution >= 4 is 29.4 Å². The van der Waals surface area contributed by atoms with E-state index in [1.54, 1.807) is 25.1 Å². The first-order valence-corrected chi connectivity index (χ1v) is 9.35. The van der Waals surface area contributed by atoms with E-state index in [1.165, 1.54) is 13.1 Å². The third kappa shape index (κ3) is 4.78. The highest BCUT2D eigenvalue weighted by Gasteiger charge is 2.32. The van der Waals surface area contributed by atoms with Crippen molar-refractivity contribution in [3.8, 4) is 11.6 Å². The van der Waals surface area contributed by atoms with Crippen LogP contribution in [0.3, 0.4) is 0 Å². The maximum absolute atomic E-state index is 13.0. The van der Waals surface area contributed by atoms with Crippen molar-refractivity contribution in [1.82, 2.24) is 14.8 Å². The second-order valence-corrected chi connectivity index (χ2v) is 6.92. The van der Waals surface area contributed by atoms with Crippen LogP contribution in [0.1, 0.15) is 33.2 Å². The van der Waals surface area contributed by atoms with Gasteiger partial charge in [-0.1, -0.05) is 29.8 Å². The number of aliphatic carboxylic acids is 1. The highest BCUT2D eigenvalue weighted by molar-refractivity contribution is 6.31. The minimum atomic E-state index is -1.88. The summed E-state index contributed by atoms with van der Waals surface area (Å²) in [5.74, 6) is -5.78. The van der Waals surface area contributed by atoms with Crippen molar-refractivity contribution in [2.24, 2.45) is 5.73 Å². The number of hydrogen-bond donors (Lipinski definition) is 5. The number of halogens is 1. The van der Waals surface area contributed by atoms with Gasteiger partial charge in [0.15, 0.2) is 11.9 Å². The van der Waals surface area contributed by atoms with Gasteiger partial charge in [0.2, 0.25) is 5.88 Å². The molecule has 1 unspecified atom stereocenters. The molecule has 11 nitrogen and oxygen atoms in total. The van der Waals surface area contributed by atoms with Crippen molar-refractivity contribution in [2.75, 3.05) is 13.6 Å². The first kappa shape index (κ1) is 23.7. The molecule has 0 aliphatic rings. The lowest BCUT2D eigenvalue weighted by Crippen LogP contribution is -2.49. The van der Waals surface area contributed by atoms with Crippen molar-refractivity contribution in [2.45, 2.75) is 19.6 Å². The summed E-state index contributed by atoms with van der Waals surface area (Å²) < 4.78 is 0.679. The summed E-state index contributed by atoms with van der Waals surface area (Å²) in [7, 11) is 1.38. The molecule has 2 amide bonds. The second-order valence-electron chi connectivity index (χ2n) is 6.51. The minimum absolute atomic E-state index is 0.187. The summed E-state index contributed by atoms with van der Waals surface area (Å²) in [6, 6.07) is 6.36. The van der Waals surface area contributed by atoms with Crippen molar-refractivity contribution in [3.05, 3.63) is 56.3 Å². The average molecular weight is 453 g/mol. The molecule has 0 saturated carbocycles. The van der Waals surface area contributed by atoms with Gasteiger partial charge in [-0.25, -0.2) is 4.79 Å². The monoisotopic (exact) mass is 452 g/mol. The topological polar surface area (TPSA) is 175 Å². The molecule has 0 bridgehead atoms. The Labute approximate surface area is 181 Å². The maximum Gasteiger partial charge on any atom is 0.341 e. The van der Waals surface area contributed by atoms with Gasteiger partial charge in [0.1, 0.15) is 11.1 Å². The van der Waals surface area contributed by atoms with Gasteiger partial charge in [0.05, 0.1) is 6.54 Å². The molecule has 166 valence electrons. The highest BCUT2D eigenvalue weighted by Crippen LogP contribution is 2.30. The number of hydrogen-bond acceptors (Lipinski definition) is 7. The van der Waals surface area contributed by atoms with Crippen LogP contribution in [0.5, 0.6) is 11.6 Å². The van der Waals surface area contributed by atoms with Gasteiger partial charge >= 0.3 is 5.97 Å². The number of amides is 2. The Morgan fingerprint density at radius 2 is 1.84 bits per heavy atom. The van der Waals surface area contributed by atoms with E-state index in [1.807, 2.05) is 5.32 Å². The summed E-state index contributed by atoms with van der Waals surface area (Å²) in [6.45, 7) is 1.48. The van der Waals surface area contributed by atoms with Gasteiger partial charge in [0.25, 0.3) is 17.4 Å². The molecule has 2 aromatic rings. The summed E-state index contributed by atoms with van der Waals surface area (Å²) >= 11 is 6.11. The molecule has 0 spiro atoms. The zero-order chi connectivity index (χ0) is 23.5. The number of carbonyl (C=O) groups excluding carboxylic acids is 2. The normalized spacial score (nSPS) is 11.6. The highest BCUT2D eigenvalue weighted by atomic mass is 35.5. The molecule has 12 heteroatoms. The van der Waals surface area contributed by atoms with Crippen LogP contribution >= 0.6 is 11.6 Å². The predicted molar refractivity (Wildman–Crippen MR) is 110 cm³/mol. The fourth-order valence-electron chi connectivity index (χ4n) is 2.65. The van der Waals surface area contributed by atoms with E-state index in [9.17, 15) is 29.4 Å². The van der Waals surface area contributed by atoms with Gasteiger partial charge in [-0.2, -0.15) is 0 Å². The van der Waals surface area contributed by atoms with Crippen LogP contribution in [0, 0.1) is 0 Å². The molecule has 0 radical (unpaired) electrons. The second kappa shape index (κ2) is 9.49. The fourth-order valence-corrected chi connectivity index (χ4v) is 2.85. The van der Waals surface area contributed by atoms with E-state index in [4.69, 9.17) is 22.4 Å². The Balaban J connectivity index is 2.76. The van der Waals surface area contributed by atoms with Crippen LogP contribution in [0.15, 0.2) is 29.1 Å². The Kier molecular flexibility index (Phi) is 7.26. The molecule has 1 aromatic carbocycles. The largest absolute Gasteiger partial charge is 0.506 e. The Morgan fingerprint density at radius 1 is 1.23 bits per heavy atom. The molecule has 6 N–H and O–H groups in total. The molecule has 0 saturated heterocycles. The lowest BCUT2D eigenvalue weighted by atomic mass is 10.1.